The van der Waals surface area contributed by atoms with Crippen molar-refractivity contribution in [3.8, 4) is 11.1 Å². The zero-order valence-electron chi connectivity index (χ0n) is 24.6. The van der Waals surface area contributed by atoms with Gasteiger partial charge in [0.1, 0.15) is 11.5 Å². The molecule has 42 heavy (non-hydrogen) atoms. The van der Waals surface area contributed by atoms with Crippen LogP contribution in [0.5, 0.6) is 0 Å². The first-order chi connectivity index (χ1) is 19.5. The van der Waals surface area contributed by atoms with Gasteiger partial charge in [0.2, 0.25) is 12.4 Å². The fourth-order valence-corrected chi connectivity index (χ4v) is 3.89. The normalized spacial score (nSPS) is 14.7. The molecule has 228 valence electrons. The molecule has 7 nitrogen and oxygen atoms in total. The molecular formula is C27H36B2F6N6O. The monoisotopic (exact) mass is 596 g/mol. The molecule has 15 heteroatoms. The number of aliphatic hydroxyl groups is 1. The molecule has 0 unspecified atom stereocenters. The summed E-state index contributed by atoms with van der Waals surface area (Å²) in [5.74, 6) is -3.83. The lowest BCUT2D eigenvalue weighted by molar-refractivity contribution is 0.0146. The average molecular weight is 596 g/mol. The molecule has 0 spiro atoms. The smallest absolute Gasteiger partial charge is 0.261 e. The topological polar surface area (TPSA) is 92.0 Å². The molecule has 3 heterocycles. The molecule has 2 aromatic heterocycles. The van der Waals surface area contributed by atoms with Crippen LogP contribution in [0.4, 0.5) is 38.0 Å². The third-order valence-electron chi connectivity index (χ3n) is 5.59. The molecular weight excluding hydrogens is 560 g/mol. The zero-order valence-corrected chi connectivity index (χ0v) is 24.6. The number of halogens is 6. The lowest BCUT2D eigenvalue weighted by Crippen LogP contribution is -2.33. The Morgan fingerprint density at radius 1 is 1.21 bits per heavy atom. The van der Waals surface area contributed by atoms with Crippen molar-refractivity contribution in [2.75, 3.05) is 25.9 Å². The maximum atomic E-state index is 14.7. The molecule has 1 aliphatic heterocycles. The van der Waals surface area contributed by atoms with E-state index in [4.69, 9.17) is 21.4 Å². The third kappa shape index (κ3) is 11.0. The van der Waals surface area contributed by atoms with E-state index in [-0.39, 0.29) is 59.8 Å². The molecule has 0 aliphatic carbocycles. The summed E-state index contributed by atoms with van der Waals surface area (Å²) in [4.78, 5) is 9.64. The van der Waals surface area contributed by atoms with Gasteiger partial charge >= 0.3 is 0 Å². The van der Waals surface area contributed by atoms with Crippen LogP contribution in [0.3, 0.4) is 0 Å². The highest BCUT2D eigenvalue weighted by atomic mass is 19.3. The van der Waals surface area contributed by atoms with E-state index in [2.05, 4.69) is 15.1 Å². The number of fused-ring (bicyclic) bond motifs is 1. The van der Waals surface area contributed by atoms with Crippen molar-refractivity contribution in [2.24, 2.45) is 4.99 Å². The van der Waals surface area contributed by atoms with Crippen LogP contribution in [0.2, 0.25) is 0 Å². The second-order valence-electron chi connectivity index (χ2n) is 9.38. The third-order valence-corrected chi connectivity index (χ3v) is 5.59. The lowest BCUT2D eigenvalue weighted by atomic mass is 9.63. The Labute approximate surface area is 245 Å². The van der Waals surface area contributed by atoms with Gasteiger partial charge in [0.15, 0.2) is 5.82 Å². The Hall–Kier alpha value is -3.06. The number of rotatable bonds is 5. The van der Waals surface area contributed by atoms with Crippen molar-refractivity contribution in [1.82, 2.24) is 19.5 Å². The van der Waals surface area contributed by atoms with Gasteiger partial charge in [-0.05, 0) is 49.6 Å². The number of aryl methyl sites for hydroxylation is 1. The van der Waals surface area contributed by atoms with Crippen LogP contribution < -0.4 is 5.73 Å². The Kier molecular flexibility index (Phi) is 14.1. The predicted octanol–water partition coefficient (Wildman–Crippen LogP) is 5.46. The maximum absolute atomic E-state index is 14.7. The first kappa shape index (κ1) is 37.0. The lowest BCUT2D eigenvalue weighted by Gasteiger charge is -2.18. The van der Waals surface area contributed by atoms with Crippen LogP contribution in [-0.2, 0) is 6.42 Å². The predicted molar refractivity (Wildman–Crippen MR) is 156 cm³/mol. The molecule has 1 fully saturated rings. The molecule has 0 atom stereocenters. The van der Waals surface area contributed by atoms with Gasteiger partial charge in [0.25, 0.3) is 5.92 Å². The molecule has 1 aliphatic rings. The minimum atomic E-state index is -2.41. The van der Waals surface area contributed by atoms with Crippen molar-refractivity contribution in [1.29, 1.82) is 0 Å². The van der Waals surface area contributed by atoms with Gasteiger partial charge in [-0.3, -0.25) is 4.99 Å². The van der Waals surface area contributed by atoms with Crippen molar-refractivity contribution in [3.05, 3.63) is 41.2 Å². The standard InChI is InChI=1S/C17H15B2F2N5O.C5H9F2N.C3H6F2.C2H6/c1-3-23-14-8(2)4-9(5-10(14)20)13-11(21)7-26-15(13)12(6-17(18,19)27)24-16(22)25-26;1-8-3-2-5(6,7)4-8;1-2-3(4)5;1-2/h3-5,7,27H,6H2,1-2H3,(H2,22,25);2-4H2,1H3;3H,2H2,1H3;1-2H3. The first-order valence-corrected chi connectivity index (χ1v) is 13.2. The molecule has 3 aromatic rings. The fourth-order valence-electron chi connectivity index (χ4n) is 3.89. The summed E-state index contributed by atoms with van der Waals surface area (Å²) in [6, 6.07) is 2.77. The van der Waals surface area contributed by atoms with Crippen LogP contribution in [0.25, 0.3) is 16.6 Å². The van der Waals surface area contributed by atoms with Gasteiger partial charge in [0.05, 0.1) is 39.6 Å². The Morgan fingerprint density at radius 3 is 2.21 bits per heavy atom. The largest absolute Gasteiger partial charge is 0.409 e. The van der Waals surface area contributed by atoms with Crippen LogP contribution >= 0.6 is 0 Å². The van der Waals surface area contributed by atoms with E-state index in [1.807, 2.05) is 13.8 Å². The minimum Gasteiger partial charge on any atom is -0.409 e. The van der Waals surface area contributed by atoms with Gasteiger partial charge in [-0.1, -0.05) is 20.8 Å². The number of hydrogen-bond acceptors (Lipinski definition) is 6. The maximum Gasteiger partial charge on any atom is 0.261 e. The van der Waals surface area contributed by atoms with Crippen molar-refractivity contribution >= 4 is 39.1 Å². The van der Waals surface area contributed by atoms with Gasteiger partial charge in [-0.15, -0.1) is 5.10 Å². The zero-order chi connectivity index (χ0) is 32.4. The van der Waals surface area contributed by atoms with Crippen LogP contribution in [-0.4, -0.2) is 84.4 Å². The molecule has 1 saturated heterocycles. The molecule has 3 N–H and O–H groups in total. The highest BCUT2D eigenvalue weighted by molar-refractivity contribution is 6.38. The van der Waals surface area contributed by atoms with Gasteiger partial charge in [-0.25, -0.2) is 35.8 Å². The van der Waals surface area contributed by atoms with Crippen molar-refractivity contribution in [2.45, 2.75) is 71.6 Å². The first-order valence-electron chi connectivity index (χ1n) is 13.2. The van der Waals surface area contributed by atoms with E-state index in [9.17, 15) is 31.4 Å². The van der Waals surface area contributed by atoms with Crippen LogP contribution in [0, 0.1) is 18.6 Å². The number of nitrogens with two attached hydrogens (primary N) is 1. The van der Waals surface area contributed by atoms with Gasteiger partial charge in [-0.2, -0.15) is 0 Å². The number of aliphatic imine (C=N–C) groups is 1. The summed E-state index contributed by atoms with van der Waals surface area (Å²) in [7, 11) is 12.6. The second kappa shape index (κ2) is 16.0. The number of hydrogen-bond donors (Lipinski definition) is 2. The quantitative estimate of drug-likeness (QED) is 0.232. The highest BCUT2D eigenvalue weighted by Crippen LogP contribution is 2.35. The number of benzene rings is 1. The number of likely N-dealkylation sites (tertiary alicyclic amines) is 1. The summed E-state index contributed by atoms with van der Waals surface area (Å²) >= 11 is 0. The highest BCUT2D eigenvalue weighted by Gasteiger charge is 2.36. The molecule has 4 radical (unpaired) electrons. The fraction of sp³-hybridized carbons (Fsp3) is 0.519. The Balaban J connectivity index is 0.000000483. The summed E-state index contributed by atoms with van der Waals surface area (Å²) in [6.45, 7) is 9.26. The van der Waals surface area contributed by atoms with E-state index >= 15 is 0 Å². The number of nitrogen functional groups attached to an aromatic ring is 1. The summed E-state index contributed by atoms with van der Waals surface area (Å²) in [6.07, 6.45) is 0.124. The summed E-state index contributed by atoms with van der Waals surface area (Å²) in [5.41, 5.74) is 6.94. The van der Waals surface area contributed by atoms with E-state index in [1.54, 1.807) is 31.9 Å². The Bertz CT molecular complexity index is 1310. The Morgan fingerprint density at radius 2 is 1.81 bits per heavy atom. The van der Waals surface area contributed by atoms with Gasteiger partial charge in [0, 0.05) is 37.6 Å². The molecule has 0 saturated carbocycles. The number of aromatic nitrogens is 3. The summed E-state index contributed by atoms with van der Waals surface area (Å²) < 4.78 is 76.2. The van der Waals surface area contributed by atoms with E-state index < -0.39 is 29.4 Å². The molecule has 0 bridgehead atoms. The molecule has 0 amide bonds. The summed E-state index contributed by atoms with van der Waals surface area (Å²) in [5, 5.41) is 11.6. The van der Waals surface area contributed by atoms with Crippen LogP contribution in [0.1, 0.15) is 51.8 Å². The van der Waals surface area contributed by atoms with Crippen molar-refractivity contribution in [3.63, 3.8) is 0 Å². The molecule has 4 rings (SSSR count). The van der Waals surface area contributed by atoms with Crippen LogP contribution in [0.15, 0.2) is 23.3 Å². The second-order valence-corrected chi connectivity index (χ2v) is 9.38. The van der Waals surface area contributed by atoms with Gasteiger partial charge < -0.3 is 15.7 Å². The van der Waals surface area contributed by atoms with E-state index in [0.717, 1.165) is 6.20 Å². The van der Waals surface area contributed by atoms with E-state index in [0.29, 0.717) is 12.1 Å². The number of nitrogens with zero attached hydrogens (tertiary/aromatic N) is 5. The minimum absolute atomic E-state index is 0.0278. The van der Waals surface area contributed by atoms with Crippen molar-refractivity contribution < 1.29 is 31.4 Å². The van der Waals surface area contributed by atoms with E-state index in [1.165, 1.54) is 23.7 Å². The number of anilines is 1. The SMILES string of the molecule is CC.CCC(F)F.CN1CCC(F)(F)C1.[B]C([B])(O)Cc1nc(N)nn2cc(F)c(-c3cc(C)c(N=CC)c(F)c3)c12. The average Bonchev–Trinajstić information content (AvgIpc) is 3.38. The number of alkyl halides is 4. The molecule has 1 aromatic carbocycles.